The maximum Gasteiger partial charge on any atom is 0.185 e. The molecule has 1 aliphatic rings. The highest BCUT2D eigenvalue weighted by molar-refractivity contribution is 14.2. The minimum absolute atomic E-state index is 0.280. The molecule has 2 rings (SSSR count). The van der Waals surface area contributed by atoms with Gasteiger partial charge < -0.3 is 9.47 Å². The third-order valence-electron chi connectivity index (χ3n) is 1.81. The van der Waals surface area contributed by atoms with E-state index in [4.69, 9.17) is 9.47 Å². The average Bonchev–Trinajstić information content (AvgIpc) is 2.85. The van der Waals surface area contributed by atoms with Crippen LogP contribution in [0, 0.1) is 0 Å². The number of hydrogen-bond donors (Lipinski definition) is 0. The Labute approximate surface area is 102 Å². The Bertz CT molecular complexity index is 333. The number of carbonyl (C=O) groups excluding carboxylic acids is 1. The molecule has 76 valence electrons. The first-order valence-corrected chi connectivity index (χ1v) is 8.13. The van der Waals surface area contributed by atoms with Crippen LogP contribution < -0.4 is 0 Å². The van der Waals surface area contributed by atoms with E-state index < -0.39 is 0 Å². The lowest BCUT2D eigenvalue weighted by Gasteiger charge is -2.07. The van der Waals surface area contributed by atoms with Crippen molar-refractivity contribution in [1.82, 2.24) is 0 Å². The second-order valence-corrected chi connectivity index (χ2v) is 5.89. The number of ether oxygens (including phenoxy) is 2. The standard InChI is InChI=1S/C8H7IO3S2/c9-14-8-6(3-5(4-10)13-8)7-11-1-2-12-7/h3-4,7H,1-2H2. The highest BCUT2D eigenvalue weighted by atomic mass is 127. The second kappa shape index (κ2) is 4.93. The molecule has 3 nitrogen and oxygen atoms in total. The monoisotopic (exact) mass is 342 g/mol. The Morgan fingerprint density at radius 3 is 2.86 bits per heavy atom. The van der Waals surface area contributed by atoms with Gasteiger partial charge in [0.25, 0.3) is 0 Å². The summed E-state index contributed by atoms with van der Waals surface area (Å²) in [4.78, 5) is 11.3. The highest BCUT2D eigenvalue weighted by Crippen LogP contribution is 2.40. The maximum absolute atomic E-state index is 10.6. The van der Waals surface area contributed by atoms with Gasteiger partial charge in [0.05, 0.1) is 22.3 Å². The van der Waals surface area contributed by atoms with E-state index in [1.807, 2.05) is 6.07 Å². The molecule has 1 saturated heterocycles. The summed E-state index contributed by atoms with van der Waals surface area (Å²) in [6, 6.07) is 1.84. The molecule has 1 aromatic heterocycles. The predicted molar refractivity (Wildman–Crippen MR) is 64.2 cm³/mol. The van der Waals surface area contributed by atoms with E-state index in [9.17, 15) is 4.79 Å². The van der Waals surface area contributed by atoms with Crippen LogP contribution >= 0.6 is 41.5 Å². The first kappa shape index (κ1) is 10.9. The zero-order valence-corrected chi connectivity index (χ0v) is 10.9. The lowest BCUT2D eigenvalue weighted by Crippen LogP contribution is -1.96. The van der Waals surface area contributed by atoms with E-state index >= 15 is 0 Å². The first-order chi connectivity index (χ1) is 6.85. The van der Waals surface area contributed by atoms with Gasteiger partial charge in [-0.2, -0.15) is 0 Å². The van der Waals surface area contributed by atoms with E-state index in [-0.39, 0.29) is 6.29 Å². The molecule has 0 atom stereocenters. The summed E-state index contributed by atoms with van der Waals surface area (Å²) in [6.45, 7) is 1.25. The summed E-state index contributed by atoms with van der Waals surface area (Å²) in [7, 11) is 1.59. The van der Waals surface area contributed by atoms with Crippen molar-refractivity contribution in [2.24, 2.45) is 0 Å². The molecule has 0 amide bonds. The Morgan fingerprint density at radius 1 is 1.57 bits per heavy atom. The van der Waals surface area contributed by atoms with Gasteiger partial charge in [0.1, 0.15) is 0 Å². The molecule has 0 radical (unpaired) electrons. The van der Waals surface area contributed by atoms with Gasteiger partial charge in [-0.25, -0.2) is 0 Å². The molecule has 14 heavy (non-hydrogen) atoms. The lowest BCUT2D eigenvalue weighted by molar-refractivity contribution is -0.0455. The molecule has 6 heteroatoms. The Morgan fingerprint density at radius 2 is 2.29 bits per heavy atom. The third kappa shape index (κ3) is 2.13. The fourth-order valence-corrected chi connectivity index (χ4v) is 4.18. The third-order valence-corrected chi connectivity index (χ3v) is 5.77. The topological polar surface area (TPSA) is 35.5 Å². The largest absolute Gasteiger partial charge is 0.346 e. The molecule has 0 bridgehead atoms. The molecule has 2 heterocycles. The van der Waals surface area contributed by atoms with Crippen molar-refractivity contribution >= 4 is 47.8 Å². The van der Waals surface area contributed by atoms with Crippen LogP contribution in [0.15, 0.2) is 10.3 Å². The number of rotatable bonds is 3. The summed E-state index contributed by atoms with van der Waals surface area (Å²) in [6.07, 6.45) is 0.580. The molecule has 0 saturated carbocycles. The van der Waals surface area contributed by atoms with Gasteiger partial charge >= 0.3 is 0 Å². The summed E-state index contributed by atoms with van der Waals surface area (Å²) in [5.41, 5.74) is 0.981. The quantitative estimate of drug-likeness (QED) is 0.625. The van der Waals surface area contributed by atoms with Gasteiger partial charge in [0.2, 0.25) is 0 Å². The Hall–Kier alpha value is 0.370. The molecule has 1 aromatic rings. The molecule has 0 spiro atoms. The molecule has 0 aromatic carbocycles. The number of thiophene rings is 1. The smallest absolute Gasteiger partial charge is 0.185 e. The van der Waals surface area contributed by atoms with Crippen molar-refractivity contribution in [3.63, 3.8) is 0 Å². The average molecular weight is 342 g/mol. The van der Waals surface area contributed by atoms with Crippen molar-refractivity contribution in [3.05, 3.63) is 16.5 Å². The van der Waals surface area contributed by atoms with Crippen molar-refractivity contribution < 1.29 is 14.3 Å². The predicted octanol–water partition coefficient (Wildman–Crippen LogP) is 3.05. The molecule has 0 aliphatic carbocycles. The molecule has 0 N–H and O–H groups in total. The van der Waals surface area contributed by atoms with Gasteiger partial charge in [-0.1, -0.05) is 0 Å². The normalized spacial score (nSPS) is 17.5. The van der Waals surface area contributed by atoms with Crippen LogP contribution in [0.2, 0.25) is 0 Å². The Balaban J connectivity index is 2.29. The van der Waals surface area contributed by atoms with E-state index in [0.717, 1.165) is 20.9 Å². The van der Waals surface area contributed by atoms with Gasteiger partial charge in [-0.15, -0.1) is 11.3 Å². The minimum atomic E-state index is -0.280. The van der Waals surface area contributed by atoms with Crippen molar-refractivity contribution in [2.45, 2.75) is 10.5 Å². The van der Waals surface area contributed by atoms with Crippen molar-refractivity contribution in [2.75, 3.05) is 13.2 Å². The summed E-state index contributed by atoms with van der Waals surface area (Å²) in [5, 5.41) is 0. The number of halogens is 1. The van der Waals surface area contributed by atoms with Crippen LogP contribution in [-0.2, 0) is 9.47 Å². The second-order valence-electron chi connectivity index (χ2n) is 2.66. The summed E-state index contributed by atoms with van der Waals surface area (Å²) in [5.74, 6) is 0. The number of hydrogen-bond acceptors (Lipinski definition) is 5. The molecule has 1 fully saturated rings. The van der Waals surface area contributed by atoms with Crippen LogP contribution in [0.25, 0.3) is 0 Å². The van der Waals surface area contributed by atoms with Gasteiger partial charge in [0.15, 0.2) is 12.6 Å². The van der Waals surface area contributed by atoms with Crippen LogP contribution in [0.4, 0.5) is 0 Å². The summed E-state index contributed by atoms with van der Waals surface area (Å²) < 4.78 is 11.9. The Kier molecular flexibility index (Phi) is 3.83. The van der Waals surface area contributed by atoms with Gasteiger partial charge in [0, 0.05) is 26.8 Å². The fraction of sp³-hybridized carbons (Fsp3) is 0.375. The van der Waals surface area contributed by atoms with Gasteiger partial charge in [-0.3, -0.25) is 4.79 Å². The molecule has 1 aliphatic heterocycles. The van der Waals surface area contributed by atoms with Crippen LogP contribution in [-0.4, -0.2) is 19.5 Å². The van der Waals surface area contributed by atoms with E-state index in [1.54, 1.807) is 8.93 Å². The van der Waals surface area contributed by atoms with Crippen LogP contribution in [0.3, 0.4) is 0 Å². The fourth-order valence-electron chi connectivity index (χ4n) is 1.23. The molecular formula is C8H7IO3S2. The molecular weight excluding hydrogens is 335 g/mol. The highest BCUT2D eigenvalue weighted by Gasteiger charge is 2.23. The van der Waals surface area contributed by atoms with Crippen molar-refractivity contribution in [1.29, 1.82) is 0 Å². The van der Waals surface area contributed by atoms with E-state index in [2.05, 4.69) is 21.2 Å². The van der Waals surface area contributed by atoms with Gasteiger partial charge in [-0.05, 0) is 15.0 Å². The zero-order valence-electron chi connectivity index (χ0n) is 7.07. The van der Waals surface area contributed by atoms with E-state index in [1.165, 1.54) is 11.3 Å². The lowest BCUT2D eigenvalue weighted by atomic mass is 10.3. The molecule has 0 unspecified atom stereocenters. The zero-order chi connectivity index (χ0) is 9.97. The maximum atomic E-state index is 10.6. The SMILES string of the molecule is O=Cc1cc(C2OCCO2)c(SI)s1. The van der Waals surface area contributed by atoms with Crippen molar-refractivity contribution in [3.8, 4) is 0 Å². The number of aldehydes is 1. The van der Waals surface area contributed by atoms with Crippen LogP contribution in [0.1, 0.15) is 21.5 Å². The minimum Gasteiger partial charge on any atom is -0.346 e. The summed E-state index contributed by atoms with van der Waals surface area (Å²) >= 11 is 3.67. The van der Waals surface area contributed by atoms with E-state index in [0.29, 0.717) is 13.2 Å². The number of carbonyl (C=O) groups is 1. The first-order valence-electron chi connectivity index (χ1n) is 3.96. The van der Waals surface area contributed by atoms with Crippen LogP contribution in [0.5, 0.6) is 0 Å².